The molecule has 1 aliphatic rings. The summed E-state index contributed by atoms with van der Waals surface area (Å²) >= 11 is 1.74. The lowest BCUT2D eigenvalue weighted by Crippen LogP contribution is -2.18. The molecule has 1 atom stereocenters. The monoisotopic (exact) mass is 389 g/mol. The predicted molar refractivity (Wildman–Crippen MR) is 120 cm³/mol. The Morgan fingerprint density at radius 1 is 1.11 bits per heavy atom. The fraction of sp³-hybridized carbons (Fsp3) is 0.292. The van der Waals surface area contributed by atoms with Crippen molar-refractivity contribution in [3.63, 3.8) is 0 Å². The van der Waals surface area contributed by atoms with Gasteiger partial charge in [0, 0.05) is 13.0 Å². The maximum Gasteiger partial charge on any atom is 0.0839 e. The van der Waals surface area contributed by atoms with Crippen molar-refractivity contribution in [1.29, 1.82) is 0 Å². The standard InChI is InChI=1S/C24H27N3S/c1-24(2,3)20-9-7-18(8-10-20)22-14-23(19-11-12-28-16-19)27(26-22)21-6-4-5-17(13-21)15-25/h4-13,16,23H,14-15,25H2,1-3H3. The normalized spacial score (nSPS) is 17.1. The first-order valence-electron chi connectivity index (χ1n) is 9.74. The van der Waals surface area contributed by atoms with Gasteiger partial charge in [-0.25, -0.2) is 0 Å². The Morgan fingerprint density at radius 2 is 1.89 bits per heavy atom. The van der Waals surface area contributed by atoms with E-state index in [1.165, 1.54) is 16.7 Å². The highest BCUT2D eigenvalue weighted by molar-refractivity contribution is 7.08. The molecule has 0 aliphatic carbocycles. The number of nitrogens with two attached hydrogens (primary N) is 1. The molecule has 2 heterocycles. The maximum absolute atomic E-state index is 5.86. The van der Waals surface area contributed by atoms with Crippen LogP contribution in [-0.4, -0.2) is 5.71 Å². The van der Waals surface area contributed by atoms with Crippen LogP contribution in [0.5, 0.6) is 0 Å². The van der Waals surface area contributed by atoms with Crippen molar-refractivity contribution in [3.05, 3.63) is 87.6 Å². The van der Waals surface area contributed by atoms with E-state index in [1.54, 1.807) is 11.3 Å². The summed E-state index contributed by atoms with van der Waals surface area (Å²) in [5.41, 5.74) is 13.2. The van der Waals surface area contributed by atoms with Gasteiger partial charge in [-0.2, -0.15) is 16.4 Å². The van der Waals surface area contributed by atoms with Crippen LogP contribution in [0.3, 0.4) is 0 Å². The molecule has 0 saturated carbocycles. The van der Waals surface area contributed by atoms with Gasteiger partial charge in [0.05, 0.1) is 17.4 Å². The van der Waals surface area contributed by atoms with Crippen LogP contribution < -0.4 is 10.7 Å². The highest BCUT2D eigenvalue weighted by atomic mass is 32.1. The van der Waals surface area contributed by atoms with Crippen molar-refractivity contribution >= 4 is 22.7 Å². The van der Waals surface area contributed by atoms with Crippen LogP contribution in [0, 0.1) is 0 Å². The zero-order valence-corrected chi connectivity index (χ0v) is 17.5. The number of hydrogen-bond acceptors (Lipinski definition) is 4. The van der Waals surface area contributed by atoms with Gasteiger partial charge in [0.1, 0.15) is 0 Å². The van der Waals surface area contributed by atoms with Crippen LogP contribution in [0.2, 0.25) is 0 Å². The average molecular weight is 390 g/mol. The lowest BCUT2D eigenvalue weighted by atomic mass is 9.86. The SMILES string of the molecule is CC(C)(C)c1ccc(C2=NN(c3cccc(CN)c3)C(c3ccsc3)C2)cc1. The third-order valence-electron chi connectivity index (χ3n) is 5.33. The van der Waals surface area contributed by atoms with Crippen molar-refractivity contribution in [2.24, 2.45) is 10.8 Å². The molecule has 4 rings (SSSR count). The van der Waals surface area contributed by atoms with Crippen molar-refractivity contribution in [2.45, 2.75) is 45.2 Å². The number of hydrazone groups is 1. The molecular formula is C24H27N3S. The van der Waals surface area contributed by atoms with Crippen LogP contribution in [0.1, 0.15) is 55.5 Å². The Bertz CT molecular complexity index is 966. The van der Waals surface area contributed by atoms with E-state index in [9.17, 15) is 0 Å². The van der Waals surface area contributed by atoms with Gasteiger partial charge < -0.3 is 5.73 Å². The van der Waals surface area contributed by atoms with Gasteiger partial charge in [0.25, 0.3) is 0 Å². The largest absolute Gasteiger partial charge is 0.326 e. The zero-order valence-electron chi connectivity index (χ0n) is 16.7. The van der Waals surface area contributed by atoms with Gasteiger partial charge in [-0.05, 0) is 56.6 Å². The molecule has 1 aromatic heterocycles. The number of rotatable bonds is 4. The number of anilines is 1. The van der Waals surface area contributed by atoms with Crippen LogP contribution in [-0.2, 0) is 12.0 Å². The van der Waals surface area contributed by atoms with Crippen molar-refractivity contribution < 1.29 is 0 Å². The highest BCUT2D eigenvalue weighted by Gasteiger charge is 2.30. The minimum Gasteiger partial charge on any atom is -0.326 e. The number of benzene rings is 2. The minimum absolute atomic E-state index is 0.157. The molecule has 1 unspecified atom stereocenters. The van der Waals surface area contributed by atoms with Gasteiger partial charge in [0.2, 0.25) is 0 Å². The summed E-state index contributed by atoms with van der Waals surface area (Å²) in [4.78, 5) is 0. The second-order valence-electron chi connectivity index (χ2n) is 8.37. The molecule has 0 amide bonds. The quantitative estimate of drug-likeness (QED) is 0.607. The first kappa shape index (κ1) is 18.9. The Balaban J connectivity index is 1.70. The molecule has 0 radical (unpaired) electrons. The van der Waals surface area contributed by atoms with E-state index in [0.717, 1.165) is 23.4 Å². The van der Waals surface area contributed by atoms with E-state index in [-0.39, 0.29) is 11.5 Å². The van der Waals surface area contributed by atoms with Gasteiger partial charge >= 0.3 is 0 Å². The molecular weight excluding hydrogens is 362 g/mol. The summed E-state index contributed by atoms with van der Waals surface area (Å²) in [5.74, 6) is 0. The smallest absolute Gasteiger partial charge is 0.0839 e. The summed E-state index contributed by atoms with van der Waals surface area (Å²) in [7, 11) is 0. The third-order valence-corrected chi connectivity index (χ3v) is 6.03. The Kier molecular flexibility index (Phi) is 5.09. The third kappa shape index (κ3) is 3.75. The zero-order chi connectivity index (χ0) is 19.7. The van der Waals surface area contributed by atoms with E-state index >= 15 is 0 Å². The number of thiophene rings is 1. The summed E-state index contributed by atoms with van der Waals surface area (Å²) in [6.45, 7) is 7.27. The van der Waals surface area contributed by atoms with Crippen molar-refractivity contribution in [1.82, 2.24) is 0 Å². The minimum atomic E-state index is 0.157. The van der Waals surface area contributed by atoms with Crippen LogP contribution >= 0.6 is 11.3 Å². The second kappa shape index (κ2) is 7.53. The molecule has 0 fully saturated rings. The summed E-state index contributed by atoms with van der Waals surface area (Å²) in [6, 6.07) is 19.7. The average Bonchev–Trinajstić information content (AvgIpc) is 3.37. The van der Waals surface area contributed by atoms with Gasteiger partial charge in [-0.15, -0.1) is 0 Å². The molecule has 28 heavy (non-hydrogen) atoms. The maximum atomic E-state index is 5.86. The topological polar surface area (TPSA) is 41.6 Å². The molecule has 2 N–H and O–H groups in total. The van der Waals surface area contributed by atoms with Crippen LogP contribution in [0.15, 0.2) is 70.5 Å². The second-order valence-corrected chi connectivity index (χ2v) is 9.15. The van der Waals surface area contributed by atoms with E-state index in [4.69, 9.17) is 10.8 Å². The lowest BCUT2D eigenvalue weighted by Gasteiger charge is -2.23. The molecule has 0 spiro atoms. The molecule has 2 aromatic carbocycles. The number of hydrogen-bond donors (Lipinski definition) is 1. The van der Waals surface area contributed by atoms with E-state index in [2.05, 4.69) is 91.1 Å². The first-order valence-corrected chi connectivity index (χ1v) is 10.7. The fourth-order valence-corrected chi connectivity index (χ4v) is 4.34. The fourth-order valence-electron chi connectivity index (χ4n) is 3.64. The molecule has 3 nitrogen and oxygen atoms in total. The Morgan fingerprint density at radius 3 is 2.54 bits per heavy atom. The van der Waals surface area contributed by atoms with Crippen LogP contribution in [0.25, 0.3) is 0 Å². The highest BCUT2D eigenvalue weighted by Crippen LogP contribution is 2.38. The molecule has 1 aliphatic heterocycles. The Labute approximate surface area is 171 Å². The molecule has 0 saturated heterocycles. The lowest BCUT2D eigenvalue weighted by molar-refractivity contribution is 0.590. The summed E-state index contributed by atoms with van der Waals surface area (Å²) in [5, 5.41) is 11.6. The van der Waals surface area contributed by atoms with E-state index in [0.29, 0.717) is 6.54 Å². The predicted octanol–water partition coefficient (Wildman–Crippen LogP) is 5.86. The van der Waals surface area contributed by atoms with E-state index < -0.39 is 0 Å². The van der Waals surface area contributed by atoms with Gasteiger partial charge in [-0.3, -0.25) is 5.01 Å². The number of nitrogens with zero attached hydrogens (tertiary/aromatic N) is 2. The molecule has 3 aromatic rings. The Hall–Kier alpha value is -2.43. The van der Waals surface area contributed by atoms with Gasteiger partial charge in [-0.1, -0.05) is 57.2 Å². The summed E-state index contributed by atoms with van der Waals surface area (Å²) < 4.78 is 0. The van der Waals surface area contributed by atoms with Crippen LogP contribution in [0.4, 0.5) is 5.69 Å². The van der Waals surface area contributed by atoms with Crippen molar-refractivity contribution in [2.75, 3.05) is 5.01 Å². The van der Waals surface area contributed by atoms with Crippen molar-refractivity contribution in [3.8, 4) is 0 Å². The molecule has 144 valence electrons. The molecule has 0 bridgehead atoms. The first-order chi connectivity index (χ1) is 13.5. The molecule has 4 heteroatoms. The van der Waals surface area contributed by atoms with E-state index in [1.807, 2.05) is 0 Å². The summed E-state index contributed by atoms with van der Waals surface area (Å²) in [6.07, 6.45) is 0.901. The van der Waals surface area contributed by atoms with Gasteiger partial charge in [0.15, 0.2) is 0 Å².